The SMILES string of the molecule is CCc1nn(CC2CCC(COCC(=O)O)CC2)c(-c2ccccc2)c1Br. The molecule has 3 rings (SSSR count). The number of benzene rings is 1. The average Bonchev–Trinajstić information content (AvgIpc) is 2.98. The minimum Gasteiger partial charge on any atom is -0.480 e. The largest absolute Gasteiger partial charge is 0.480 e. The lowest BCUT2D eigenvalue weighted by Crippen LogP contribution is -2.23. The van der Waals surface area contributed by atoms with Gasteiger partial charge in [-0.3, -0.25) is 4.68 Å². The molecule has 1 fully saturated rings. The second-order valence-corrected chi connectivity index (χ2v) is 8.10. The van der Waals surface area contributed by atoms with E-state index in [1.165, 1.54) is 11.3 Å². The number of carboxylic acid groups (broad SMARTS) is 1. The third kappa shape index (κ3) is 5.20. The predicted octanol–water partition coefficient (Wildman–Crippen LogP) is 4.78. The summed E-state index contributed by atoms with van der Waals surface area (Å²) in [6, 6.07) is 10.4. The fourth-order valence-electron chi connectivity index (χ4n) is 3.86. The van der Waals surface area contributed by atoms with Crippen molar-refractivity contribution in [3.05, 3.63) is 40.5 Å². The van der Waals surface area contributed by atoms with E-state index in [9.17, 15) is 4.79 Å². The van der Waals surface area contributed by atoms with Crippen molar-refractivity contribution in [3.63, 3.8) is 0 Å². The van der Waals surface area contributed by atoms with Gasteiger partial charge in [0.1, 0.15) is 6.61 Å². The summed E-state index contributed by atoms with van der Waals surface area (Å²) in [5.41, 5.74) is 3.45. The van der Waals surface area contributed by atoms with Crippen molar-refractivity contribution in [2.45, 2.75) is 45.6 Å². The second kappa shape index (κ2) is 9.51. The number of carbonyl (C=O) groups is 1. The number of nitrogens with zero attached hydrogens (tertiary/aromatic N) is 2. The zero-order valence-corrected chi connectivity index (χ0v) is 17.3. The van der Waals surface area contributed by atoms with Gasteiger partial charge in [-0.25, -0.2) is 4.79 Å². The topological polar surface area (TPSA) is 64.4 Å². The molecule has 2 aromatic rings. The van der Waals surface area contributed by atoms with E-state index in [2.05, 4.69) is 51.8 Å². The maximum atomic E-state index is 10.6. The molecule has 1 aromatic carbocycles. The van der Waals surface area contributed by atoms with Crippen molar-refractivity contribution < 1.29 is 14.6 Å². The molecule has 1 saturated carbocycles. The molecule has 5 nitrogen and oxygen atoms in total. The molecule has 146 valence electrons. The normalized spacial score (nSPS) is 19.9. The van der Waals surface area contributed by atoms with Gasteiger partial charge in [-0.2, -0.15) is 5.10 Å². The van der Waals surface area contributed by atoms with E-state index in [4.69, 9.17) is 14.9 Å². The van der Waals surface area contributed by atoms with Crippen LogP contribution in [0.5, 0.6) is 0 Å². The van der Waals surface area contributed by atoms with Crippen LogP contribution in [0.25, 0.3) is 11.3 Å². The van der Waals surface area contributed by atoms with Crippen LogP contribution in [0.4, 0.5) is 0 Å². The lowest BCUT2D eigenvalue weighted by atomic mass is 9.82. The summed E-state index contributed by atoms with van der Waals surface area (Å²) in [4.78, 5) is 10.6. The molecule has 0 unspecified atom stereocenters. The highest BCUT2D eigenvalue weighted by Crippen LogP contribution is 2.35. The minimum absolute atomic E-state index is 0.193. The minimum atomic E-state index is -0.895. The Morgan fingerprint density at radius 1 is 1.22 bits per heavy atom. The lowest BCUT2D eigenvalue weighted by Gasteiger charge is -2.28. The Kier molecular flexibility index (Phi) is 7.07. The smallest absolute Gasteiger partial charge is 0.329 e. The van der Waals surface area contributed by atoms with Crippen LogP contribution in [-0.4, -0.2) is 34.1 Å². The van der Waals surface area contributed by atoms with Gasteiger partial charge in [-0.1, -0.05) is 37.3 Å². The highest BCUT2D eigenvalue weighted by Gasteiger charge is 2.24. The van der Waals surface area contributed by atoms with E-state index < -0.39 is 5.97 Å². The molecule has 1 aliphatic carbocycles. The van der Waals surface area contributed by atoms with Gasteiger partial charge in [0.15, 0.2) is 0 Å². The van der Waals surface area contributed by atoms with Gasteiger partial charge in [0.25, 0.3) is 0 Å². The van der Waals surface area contributed by atoms with Crippen molar-refractivity contribution in [1.29, 1.82) is 0 Å². The quantitative estimate of drug-likeness (QED) is 0.648. The van der Waals surface area contributed by atoms with E-state index in [-0.39, 0.29) is 6.61 Å². The van der Waals surface area contributed by atoms with Crippen LogP contribution in [0.3, 0.4) is 0 Å². The Labute approximate surface area is 168 Å². The Morgan fingerprint density at radius 3 is 2.52 bits per heavy atom. The number of aryl methyl sites for hydroxylation is 1. The summed E-state index contributed by atoms with van der Waals surface area (Å²) >= 11 is 3.77. The summed E-state index contributed by atoms with van der Waals surface area (Å²) in [7, 11) is 0. The third-order valence-corrected chi connectivity index (χ3v) is 6.15. The Balaban J connectivity index is 1.64. The molecule has 0 bridgehead atoms. The number of aromatic nitrogens is 2. The highest BCUT2D eigenvalue weighted by molar-refractivity contribution is 9.10. The van der Waals surface area contributed by atoms with Crippen molar-refractivity contribution in [2.75, 3.05) is 13.2 Å². The van der Waals surface area contributed by atoms with Crippen LogP contribution < -0.4 is 0 Å². The molecule has 27 heavy (non-hydrogen) atoms. The van der Waals surface area contributed by atoms with Gasteiger partial charge in [-0.05, 0) is 59.9 Å². The zero-order chi connectivity index (χ0) is 19.2. The van der Waals surface area contributed by atoms with E-state index in [1.54, 1.807) is 0 Å². The molecular formula is C21H27BrN2O3. The average molecular weight is 435 g/mol. The Hall–Kier alpha value is -1.66. The molecular weight excluding hydrogens is 408 g/mol. The number of carboxylic acids is 1. The maximum absolute atomic E-state index is 10.6. The molecule has 1 heterocycles. The number of aliphatic carboxylic acids is 1. The van der Waals surface area contributed by atoms with Gasteiger partial charge in [0.2, 0.25) is 0 Å². The first-order chi connectivity index (χ1) is 13.1. The molecule has 6 heteroatoms. The Bertz CT molecular complexity index is 752. The van der Waals surface area contributed by atoms with Crippen molar-refractivity contribution in [2.24, 2.45) is 11.8 Å². The third-order valence-electron chi connectivity index (χ3n) is 5.32. The van der Waals surface area contributed by atoms with Crippen LogP contribution in [0, 0.1) is 11.8 Å². The van der Waals surface area contributed by atoms with E-state index in [1.807, 2.05) is 6.07 Å². The fourth-order valence-corrected chi connectivity index (χ4v) is 4.65. The van der Waals surface area contributed by atoms with Crippen LogP contribution in [0.2, 0.25) is 0 Å². The highest BCUT2D eigenvalue weighted by atomic mass is 79.9. The van der Waals surface area contributed by atoms with Crippen LogP contribution >= 0.6 is 15.9 Å². The summed E-state index contributed by atoms with van der Waals surface area (Å²) in [5.74, 6) is 0.178. The predicted molar refractivity (Wildman–Crippen MR) is 109 cm³/mol. The van der Waals surface area contributed by atoms with Gasteiger partial charge >= 0.3 is 5.97 Å². The van der Waals surface area contributed by atoms with Crippen LogP contribution in [0.15, 0.2) is 34.8 Å². The van der Waals surface area contributed by atoms with Gasteiger partial charge in [0.05, 0.1) is 22.5 Å². The molecule has 0 radical (unpaired) electrons. The van der Waals surface area contributed by atoms with Crippen LogP contribution in [-0.2, 0) is 22.5 Å². The standard InChI is InChI=1S/C21H27BrN2O3/c1-2-18-20(22)21(17-6-4-3-5-7-17)24(23-18)12-15-8-10-16(11-9-15)13-27-14-19(25)26/h3-7,15-16H,2,8-14H2,1H3,(H,25,26). The summed E-state index contributed by atoms with van der Waals surface area (Å²) < 4.78 is 8.55. The summed E-state index contributed by atoms with van der Waals surface area (Å²) in [6.45, 7) is 3.42. The van der Waals surface area contributed by atoms with Crippen LogP contribution in [0.1, 0.15) is 38.3 Å². The number of hydrogen-bond acceptors (Lipinski definition) is 3. The maximum Gasteiger partial charge on any atom is 0.329 e. The number of hydrogen-bond donors (Lipinski definition) is 1. The molecule has 1 aliphatic rings. The van der Waals surface area contributed by atoms with Gasteiger partial charge < -0.3 is 9.84 Å². The van der Waals surface area contributed by atoms with Crippen molar-refractivity contribution >= 4 is 21.9 Å². The molecule has 0 spiro atoms. The van der Waals surface area contributed by atoms with Crippen molar-refractivity contribution in [3.8, 4) is 11.3 Å². The fraction of sp³-hybridized carbons (Fsp3) is 0.524. The molecule has 0 atom stereocenters. The lowest BCUT2D eigenvalue weighted by molar-refractivity contribution is -0.142. The zero-order valence-electron chi connectivity index (χ0n) is 15.7. The van der Waals surface area contributed by atoms with E-state index >= 15 is 0 Å². The molecule has 0 saturated heterocycles. The molecule has 1 N–H and O–H groups in total. The molecule has 0 amide bonds. The first-order valence-corrected chi connectivity index (χ1v) is 10.5. The number of rotatable bonds is 8. The number of halogens is 1. The summed E-state index contributed by atoms with van der Waals surface area (Å²) in [5, 5.41) is 13.5. The van der Waals surface area contributed by atoms with E-state index in [0.29, 0.717) is 18.4 Å². The summed E-state index contributed by atoms with van der Waals surface area (Å²) in [6.07, 6.45) is 5.35. The molecule has 0 aliphatic heterocycles. The monoisotopic (exact) mass is 434 g/mol. The first kappa shape index (κ1) is 20.1. The van der Waals surface area contributed by atoms with Crippen molar-refractivity contribution in [1.82, 2.24) is 9.78 Å². The Morgan fingerprint density at radius 2 is 1.89 bits per heavy atom. The molecule has 1 aromatic heterocycles. The first-order valence-electron chi connectivity index (χ1n) is 9.68. The van der Waals surface area contributed by atoms with Gasteiger partial charge in [0, 0.05) is 12.1 Å². The van der Waals surface area contributed by atoms with E-state index in [0.717, 1.165) is 48.8 Å². The van der Waals surface area contributed by atoms with Gasteiger partial charge in [-0.15, -0.1) is 0 Å². The number of ether oxygens (including phenoxy) is 1. The second-order valence-electron chi connectivity index (χ2n) is 7.31.